The second kappa shape index (κ2) is 15.8. The predicted octanol–water partition coefficient (Wildman–Crippen LogP) is 5.13. The molecule has 17 heteroatoms. The quantitative estimate of drug-likeness (QED) is 0.110. The van der Waals surface area contributed by atoms with Crippen LogP contribution < -0.4 is 10.6 Å². The van der Waals surface area contributed by atoms with Crippen LogP contribution in [0.4, 0.5) is 28.0 Å². The number of nitrogens with zero attached hydrogens (tertiary/aromatic N) is 3. The summed E-state index contributed by atoms with van der Waals surface area (Å²) in [5.74, 6) is -2.85. The van der Waals surface area contributed by atoms with Crippen molar-refractivity contribution in [2.75, 3.05) is 23.5 Å². The normalized spacial score (nSPS) is 15.0. The highest BCUT2D eigenvalue weighted by Crippen LogP contribution is 2.33. The van der Waals surface area contributed by atoms with E-state index in [1.54, 1.807) is 0 Å². The maximum absolute atomic E-state index is 13.0. The molecule has 0 bridgehead atoms. The van der Waals surface area contributed by atoms with Crippen LogP contribution in [0.2, 0.25) is 0 Å². The van der Waals surface area contributed by atoms with E-state index in [9.17, 15) is 45.6 Å². The van der Waals surface area contributed by atoms with E-state index in [-0.39, 0.29) is 29.0 Å². The van der Waals surface area contributed by atoms with E-state index in [0.717, 1.165) is 74.0 Å². The van der Waals surface area contributed by atoms with E-state index in [4.69, 9.17) is 16.9 Å². The summed E-state index contributed by atoms with van der Waals surface area (Å²) in [4.78, 5) is 33.8. The van der Waals surface area contributed by atoms with Gasteiger partial charge in [0.1, 0.15) is 5.82 Å². The van der Waals surface area contributed by atoms with Crippen molar-refractivity contribution < 1.29 is 40.7 Å². The lowest BCUT2D eigenvalue weighted by Crippen LogP contribution is -2.45. The number of alkyl halides is 4. The molecule has 0 radical (unpaired) electrons. The van der Waals surface area contributed by atoms with Crippen LogP contribution in [0.5, 0.6) is 0 Å². The summed E-state index contributed by atoms with van der Waals surface area (Å²) in [6.45, 7) is 1.03. The van der Waals surface area contributed by atoms with Gasteiger partial charge in [-0.1, -0.05) is 19.3 Å². The number of urea groups is 1. The van der Waals surface area contributed by atoms with Crippen LogP contribution >= 0.6 is 11.6 Å². The Morgan fingerprint density at radius 3 is 2.27 bits per heavy atom. The summed E-state index contributed by atoms with van der Waals surface area (Å²) >= 11 is 5.44. The molecule has 0 heterocycles. The Morgan fingerprint density at radius 2 is 1.75 bits per heavy atom. The molecule has 3 N–H and O–H groups in total. The monoisotopic (exact) mass is 663 g/mol. The molecule has 3 rings (SSSR count). The summed E-state index contributed by atoms with van der Waals surface area (Å²) in [6.07, 6.45) is 0.604. The molecule has 1 unspecified atom stereocenters. The molecule has 1 saturated carbocycles. The average molecular weight is 664 g/mol. The van der Waals surface area contributed by atoms with Gasteiger partial charge in [0, 0.05) is 17.6 Å². The standard InChI is InChI=1S/C18H14F4N2O4S.C9H16ClN3O2/c1-17(26,10-29(27,28)14-6-3-12(19)4-7-14)16(25)24-13-5-2-11(9-23)15(8-13)18(20,21)22;10-6-7-13(12-15)9(14)11-8-4-2-1-3-5-8/h2-8,26H,10H2,1H3,(H,24,25);8H,1-7H2,(H,11,14). The first-order valence-electron chi connectivity index (χ1n) is 13.1. The van der Waals surface area contributed by atoms with Gasteiger partial charge in [-0.15, -0.1) is 16.5 Å². The molecule has 1 aliphatic carbocycles. The number of halogens is 5. The summed E-state index contributed by atoms with van der Waals surface area (Å²) in [7, 11) is -4.21. The van der Waals surface area contributed by atoms with E-state index >= 15 is 0 Å². The highest BCUT2D eigenvalue weighted by Gasteiger charge is 2.38. The van der Waals surface area contributed by atoms with Crippen LogP contribution in [0, 0.1) is 22.1 Å². The Labute approximate surface area is 256 Å². The number of benzene rings is 2. The number of carbonyl (C=O) groups is 2. The number of rotatable bonds is 9. The number of aliphatic hydroxyl groups is 1. The summed E-state index contributed by atoms with van der Waals surface area (Å²) < 4.78 is 76.6. The number of nitroso groups, excluding NO2 is 1. The van der Waals surface area contributed by atoms with Gasteiger partial charge in [-0.05, 0) is 62.2 Å². The molecule has 1 atom stereocenters. The number of anilines is 1. The minimum absolute atomic E-state index is 0.156. The first-order valence-corrected chi connectivity index (χ1v) is 15.3. The number of sulfone groups is 1. The predicted molar refractivity (Wildman–Crippen MR) is 152 cm³/mol. The number of nitriles is 1. The van der Waals surface area contributed by atoms with Crippen molar-refractivity contribution >= 4 is 39.1 Å². The number of hydrogen-bond donors (Lipinski definition) is 3. The Morgan fingerprint density at radius 1 is 1.14 bits per heavy atom. The third-order valence-corrected chi connectivity index (χ3v) is 8.50. The molecule has 0 saturated heterocycles. The molecule has 44 heavy (non-hydrogen) atoms. The van der Waals surface area contributed by atoms with Crippen molar-refractivity contribution in [2.24, 2.45) is 5.29 Å². The zero-order chi connectivity index (χ0) is 33.1. The lowest BCUT2D eigenvalue weighted by molar-refractivity contribution is -0.137. The van der Waals surface area contributed by atoms with E-state index in [1.165, 1.54) is 12.5 Å². The Hall–Kier alpha value is -3.81. The minimum atomic E-state index is -4.86. The van der Waals surface area contributed by atoms with Gasteiger partial charge in [0.15, 0.2) is 15.4 Å². The SMILES string of the molecule is CC(O)(CS(=O)(=O)c1ccc(F)cc1)C(=O)Nc1ccc(C#N)c(C(F)(F)F)c1.O=NN(CCCl)C(=O)NC1CCCCC1. The number of nitrogens with one attached hydrogen (secondary N) is 2. The van der Waals surface area contributed by atoms with Gasteiger partial charge in [-0.3, -0.25) is 4.79 Å². The van der Waals surface area contributed by atoms with Crippen molar-refractivity contribution in [2.45, 2.75) is 61.7 Å². The highest BCUT2D eigenvalue weighted by atomic mass is 35.5. The lowest BCUT2D eigenvalue weighted by Gasteiger charge is -2.24. The smallest absolute Gasteiger partial charge is 0.379 e. The molecule has 11 nitrogen and oxygen atoms in total. The highest BCUT2D eigenvalue weighted by molar-refractivity contribution is 7.91. The fourth-order valence-electron chi connectivity index (χ4n) is 4.14. The summed E-state index contributed by atoms with van der Waals surface area (Å²) in [6, 6.07) is 7.16. The van der Waals surface area contributed by atoms with Gasteiger partial charge in [0.25, 0.3) is 5.91 Å². The fourth-order valence-corrected chi connectivity index (χ4v) is 5.88. The van der Waals surface area contributed by atoms with Crippen LogP contribution in [-0.2, 0) is 20.8 Å². The van der Waals surface area contributed by atoms with Crippen LogP contribution in [0.15, 0.2) is 52.6 Å². The van der Waals surface area contributed by atoms with E-state index in [2.05, 4.69) is 10.6 Å². The van der Waals surface area contributed by atoms with Gasteiger partial charge >= 0.3 is 12.2 Å². The van der Waals surface area contributed by atoms with Crippen molar-refractivity contribution in [1.82, 2.24) is 10.3 Å². The molecule has 0 aromatic heterocycles. The van der Waals surface area contributed by atoms with Crippen molar-refractivity contribution in [3.8, 4) is 6.07 Å². The van der Waals surface area contributed by atoms with Crippen molar-refractivity contribution in [3.63, 3.8) is 0 Å². The van der Waals surface area contributed by atoms with Gasteiger partial charge in [-0.2, -0.15) is 23.4 Å². The second-order valence-electron chi connectivity index (χ2n) is 9.99. The second-order valence-corrected chi connectivity index (χ2v) is 12.4. The van der Waals surface area contributed by atoms with Crippen LogP contribution in [0.3, 0.4) is 0 Å². The van der Waals surface area contributed by atoms with Gasteiger partial charge in [0.05, 0.1) is 39.7 Å². The van der Waals surface area contributed by atoms with E-state index in [1.807, 2.05) is 5.32 Å². The van der Waals surface area contributed by atoms with Crippen LogP contribution in [0.25, 0.3) is 0 Å². The van der Waals surface area contributed by atoms with Gasteiger partial charge < -0.3 is 15.7 Å². The zero-order valence-electron chi connectivity index (χ0n) is 23.4. The first kappa shape index (κ1) is 36.4. The first-order chi connectivity index (χ1) is 20.5. The third kappa shape index (κ3) is 10.7. The molecule has 240 valence electrons. The Balaban J connectivity index is 0.000000378. The van der Waals surface area contributed by atoms with Crippen molar-refractivity contribution in [3.05, 3.63) is 64.3 Å². The lowest BCUT2D eigenvalue weighted by atomic mass is 9.96. The van der Waals surface area contributed by atoms with Gasteiger partial charge in [-0.25, -0.2) is 17.6 Å². The maximum atomic E-state index is 13.0. The number of amides is 3. The topological polar surface area (TPSA) is 169 Å². The Kier molecular flexibility index (Phi) is 13.0. The largest absolute Gasteiger partial charge is 0.417 e. The molecule has 1 fully saturated rings. The minimum Gasteiger partial charge on any atom is -0.379 e. The maximum Gasteiger partial charge on any atom is 0.417 e. The molecule has 1 aliphatic rings. The van der Waals surface area contributed by atoms with Crippen LogP contribution in [-0.4, -0.2) is 60.3 Å². The molecule has 0 aliphatic heterocycles. The van der Waals surface area contributed by atoms with E-state index in [0.29, 0.717) is 6.07 Å². The third-order valence-electron chi connectivity index (χ3n) is 6.40. The van der Waals surface area contributed by atoms with Crippen molar-refractivity contribution in [1.29, 1.82) is 5.26 Å². The molecule has 0 spiro atoms. The molecular weight excluding hydrogens is 634 g/mol. The number of hydrogen-bond acceptors (Lipinski definition) is 8. The van der Waals surface area contributed by atoms with Crippen LogP contribution in [0.1, 0.15) is 50.2 Å². The molecule has 3 amide bonds. The molecule has 2 aromatic carbocycles. The molecular formula is C27H30ClF4N5O6S. The van der Waals surface area contributed by atoms with E-state index < -0.39 is 56.2 Å². The fraction of sp³-hybridized carbons (Fsp3) is 0.444. The van der Waals surface area contributed by atoms with Gasteiger partial charge in [0.2, 0.25) is 0 Å². The molecule has 2 aromatic rings. The average Bonchev–Trinajstić information content (AvgIpc) is 2.96. The zero-order valence-corrected chi connectivity index (χ0v) is 25.0. The number of carbonyl (C=O) groups excluding carboxylic acids is 2. The Bertz CT molecular complexity index is 1460. The summed E-state index contributed by atoms with van der Waals surface area (Å²) in [5, 5.41) is 27.3. The summed E-state index contributed by atoms with van der Waals surface area (Å²) in [5.41, 5.74) is -4.86.